The Morgan fingerprint density at radius 3 is 1.47 bits per heavy atom. The van der Waals surface area contributed by atoms with Crippen molar-refractivity contribution in [2.45, 2.75) is 39.5 Å². The van der Waals surface area contributed by atoms with E-state index in [2.05, 4.69) is 13.8 Å². The van der Waals surface area contributed by atoms with Gasteiger partial charge in [0.05, 0.1) is 0 Å². The minimum atomic E-state index is -4.67. The molecule has 0 atom stereocenters. The molecular formula is C8H21NaO5S. The number of hydrogen-bond donors (Lipinski definition) is 2. The van der Waals surface area contributed by atoms with E-state index in [0.717, 1.165) is 13.2 Å². The molecule has 0 heterocycles. The summed E-state index contributed by atoms with van der Waals surface area (Å²) in [7, 11) is -4.67. The zero-order chi connectivity index (χ0) is 11.4. The number of hydrogen-bond acceptors (Lipinski definition) is 3. The van der Waals surface area contributed by atoms with Crippen LogP contribution in [-0.2, 0) is 15.1 Å². The van der Waals surface area contributed by atoms with Crippen molar-refractivity contribution in [2.75, 3.05) is 13.2 Å². The first kappa shape index (κ1) is 21.1. The first-order valence-electron chi connectivity index (χ1n) is 4.69. The van der Waals surface area contributed by atoms with E-state index in [-0.39, 0.29) is 29.6 Å². The van der Waals surface area contributed by atoms with E-state index in [9.17, 15) is 0 Å². The molecule has 0 radical (unpaired) electrons. The Kier molecular flexibility index (Phi) is 20.9. The molecular weight excluding hydrogens is 231 g/mol. The SMILES string of the molecule is CCCCOCCCC.O=S(=O)(O)O.[NaH]. The van der Waals surface area contributed by atoms with Gasteiger partial charge in [-0.2, -0.15) is 8.42 Å². The fourth-order valence-corrected chi connectivity index (χ4v) is 0.595. The molecule has 15 heavy (non-hydrogen) atoms. The van der Waals surface area contributed by atoms with E-state index >= 15 is 0 Å². The van der Waals surface area contributed by atoms with Crippen molar-refractivity contribution in [3.63, 3.8) is 0 Å². The molecule has 90 valence electrons. The van der Waals surface area contributed by atoms with Gasteiger partial charge in [-0.1, -0.05) is 26.7 Å². The van der Waals surface area contributed by atoms with Crippen LogP contribution in [0.1, 0.15) is 39.5 Å². The molecule has 0 bridgehead atoms. The number of rotatable bonds is 6. The number of unbranched alkanes of at least 4 members (excludes halogenated alkanes) is 2. The first-order chi connectivity index (χ1) is 6.41. The fourth-order valence-electron chi connectivity index (χ4n) is 0.595. The second-order valence-corrected chi connectivity index (χ2v) is 3.66. The summed E-state index contributed by atoms with van der Waals surface area (Å²) in [5.41, 5.74) is 0. The van der Waals surface area contributed by atoms with Gasteiger partial charge in [0.2, 0.25) is 0 Å². The third-order valence-electron chi connectivity index (χ3n) is 1.28. The van der Waals surface area contributed by atoms with Gasteiger partial charge in [0.15, 0.2) is 0 Å². The third-order valence-corrected chi connectivity index (χ3v) is 1.28. The molecule has 0 aliphatic carbocycles. The maximum absolute atomic E-state index is 8.74. The van der Waals surface area contributed by atoms with Crippen molar-refractivity contribution in [1.82, 2.24) is 0 Å². The van der Waals surface area contributed by atoms with Gasteiger partial charge < -0.3 is 4.74 Å². The molecule has 0 aromatic carbocycles. The van der Waals surface area contributed by atoms with Gasteiger partial charge in [-0.3, -0.25) is 9.11 Å². The van der Waals surface area contributed by atoms with Gasteiger partial charge in [0.1, 0.15) is 0 Å². The topological polar surface area (TPSA) is 83.8 Å². The van der Waals surface area contributed by atoms with Crippen LogP contribution in [-0.4, -0.2) is 60.3 Å². The molecule has 0 spiro atoms. The zero-order valence-electron chi connectivity index (χ0n) is 8.77. The van der Waals surface area contributed by atoms with Crippen molar-refractivity contribution in [1.29, 1.82) is 0 Å². The van der Waals surface area contributed by atoms with Crippen LogP contribution in [0.4, 0.5) is 0 Å². The summed E-state index contributed by atoms with van der Waals surface area (Å²) >= 11 is 0. The molecule has 0 amide bonds. The minimum absolute atomic E-state index is 0. The van der Waals surface area contributed by atoms with Crippen molar-refractivity contribution in [2.24, 2.45) is 0 Å². The van der Waals surface area contributed by atoms with Crippen molar-refractivity contribution in [3.8, 4) is 0 Å². The summed E-state index contributed by atoms with van der Waals surface area (Å²) in [6.45, 7) is 6.28. The van der Waals surface area contributed by atoms with Crippen LogP contribution in [0, 0.1) is 0 Å². The average Bonchev–Trinajstić information content (AvgIpc) is 2.01. The third kappa shape index (κ3) is 52.3. The summed E-state index contributed by atoms with van der Waals surface area (Å²) in [6.07, 6.45) is 4.91. The molecule has 0 saturated heterocycles. The molecule has 2 N–H and O–H groups in total. The Bertz CT molecular complexity index is 179. The molecule has 7 heteroatoms. The second kappa shape index (κ2) is 14.8. The van der Waals surface area contributed by atoms with E-state index in [1.165, 1.54) is 25.7 Å². The normalized spacial score (nSPS) is 9.87. The van der Waals surface area contributed by atoms with Crippen LogP contribution in [0.25, 0.3) is 0 Å². The monoisotopic (exact) mass is 252 g/mol. The van der Waals surface area contributed by atoms with Gasteiger partial charge in [0, 0.05) is 13.2 Å². The van der Waals surface area contributed by atoms with Crippen molar-refractivity contribution < 1.29 is 22.3 Å². The standard InChI is InChI=1S/C8H18O.Na.H2O4S.H/c1-3-5-7-9-8-6-4-2;;1-5(2,3)4;/h3-8H2,1-2H3;;(H2,1,2,3,4);. The van der Waals surface area contributed by atoms with E-state index in [1.54, 1.807) is 0 Å². The van der Waals surface area contributed by atoms with Gasteiger partial charge in [-0.05, 0) is 12.8 Å². The second-order valence-electron chi connectivity index (χ2n) is 2.77. The summed E-state index contributed by atoms with van der Waals surface area (Å²) in [4.78, 5) is 0. The Hall–Kier alpha value is 0.830. The molecule has 0 saturated carbocycles. The predicted octanol–water partition coefficient (Wildman–Crippen LogP) is 1.30. The van der Waals surface area contributed by atoms with Crippen molar-refractivity contribution >= 4 is 40.0 Å². The van der Waals surface area contributed by atoms with Gasteiger partial charge in [-0.25, -0.2) is 0 Å². The van der Waals surface area contributed by atoms with Crippen LogP contribution in [0.5, 0.6) is 0 Å². The maximum atomic E-state index is 8.74. The van der Waals surface area contributed by atoms with E-state index in [1.807, 2.05) is 0 Å². The Morgan fingerprint density at radius 1 is 1.00 bits per heavy atom. The van der Waals surface area contributed by atoms with Gasteiger partial charge in [-0.15, -0.1) is 0 Å². The van der Waals surface area contributed by atoms with E-state index in [4.69, 9.17) is 22.3 Å². The molecule has 0 rings (SSSR count). The molecule has 0 aliphatic rings. The molecule has 5 nitrogen and oxygen atoms in total. The van der Waals surface area contributed by atoms with Crippen LogP contribution in [0.15, 0.2) is 0 Å². The van der Waals surface area contributed by atoms with Crippen LogP contribution in [0.2, 0.25) is 0 Å². The van der Waals surface area contributed by atoms with Crippen molar-refractivity contribution in [3.05, 3.63) is 0 Å². The van der Waals surface area contributed by atoms with Gasteiger partial charge in [0.25, 0.3) is 0 Å². The molecule has 0 unspecified atom stereocenters. The molecule has 0 aromatic heterocycles. The molecule has 0 aromatic rings. The van der Waals surface area contributed by atoms with Crippen LogP contribution < -0.4 is 0 Å². The quantitative estimate of drug-likeness (QED) is 0.423. The predicted molar refractivity (Wildman–Crippen MR) is 62.0 cm³/mol. The summed E-state index contributed by atoms with van der Waals surface area (Å²) < 4.78 is 36.9. The number of ether oxygens (including phenoxy) is 1. The fraction of sp³-hybridized carbons (Fsp3) is 1.00. The van der Waals surface area contributed by atoms with E-state index in [0.29, 0.717) is 0 Å². The molecule has 0 aliphatic heterocycles. The summed E-state index contributed by atoms with van der Waals surface area (Å²) in [5.74, 6) is 0. The molecule has 0 fully saturated rings. The summed E-state index contributed by atoms with van der Waals surface area (Å²) in [5, 5.41) is 0. The van der Waals surface area contributed by atoms with E-state index < -0.39 is 10.4 Å². The first-order valence-corrected chi connectivity index (χ1v) is 6.09. The zero-order valence-corrected chi connectivity index (χ0v) is 9.59. The average molecular weight is 252 g/mol. The Balaban J connectivity index is -0.000000208. The Labute approximate surface area is 114 Å². The van der Waals surface area contributed by atoms with Crippen LogP contribution >= 0.6 is 0 Å². The Morgan fingerprint density at radius 2 is 1.27 bits per heavy atom. The van der Waals surface area contributed by atoms with Gasteiger partial charge >= 0.3 is 40.0 Å². The van der Waals surface area contributed by atoms with Crippen LogP contribution in [0.3, 0.4) is 0 Å². The summed E-state index contributed by atoms with van der Waals surface area (Å²) in [6, 6.07) is 0.